The predicted molar refractivity (Wildman–Crippen MR) is 130 cm³/mol. The summed E-state index contributed by atoms with van der Waals surface area (Å²) in [6.45, 7) is 8.41. The van der Waals surface area contributed by atoms with Crippen molar-refractivity contribution in [2.45, 2.75) is 52.1 Å². The second-order valence-electron chi connectivity index (χ2n) is 9.33. The highest BCUT2D eigenvalue weighted by Gasteiger charge is 2.28. The lowest BCUT2D eigenvalue weighted by atomic mass is 10.1. The minimum absolute atomic E-state index is 0.0854. The molecule has 176 valence electrons. The molecule has 5 rings (SSSR count). The molecule has 0 aliphatic carbocycles. The third-order valence-corrected chi connectivity index (χ3v) is 6.42. The first kappa shape index (κ1) is 21.9. The van der Waals surface area contributed by atoms with Crippen LogP contribution in [0.25, 0.3) is 5.65 Å². The molecule has 10 nitrogen and oxygen atoms in total. The van der Waals surface area contributed by atoms with Gasteiger partial charge in [-0.25, -0.2) is 9.20 Å². The van der Waals surface area contributed by atoms with E-state index in [2.05, 4.69) is 75.9 Å². The molecule has 3 aromatic heterocycles. The van der Waals surface area contributed by atoms with Crippen molar-refractivity contribution in [2.24, 2.45) is 7.05 Å². The van der Waals surface area contributed by atoms with Crippen LogP contribution in [0.1, 0.15) is 67.8 Å². The molecule has 4 heterocycles. The number of piperidine rings is 1. The first-order chi connectivity index (χ1) is 16.5. The number of nitrogens with zero attached hydrogens (tertiary/aromatic N) is 9. The maximum absolute atomic E-state index is 9.54. The fourth-order valence-corrected chi connectivity index (χ4v) is 4.84. The Hall–Kier alpha value is -3.87. The molecule has 1 atom stereocenters. The van der Waals surface area contributed by atoms with Gasteiger partial charge in [0.1, 0.15) is 17.7 Å². The number of tetrazole rings is 1. The summed E-state index contributed by atoms with van der Waals surface area (Å²) in [5.41, 5.74) is 5.54. The molecule has 10 heteroatoms. The fraction of sp³-hybridized carbons (Fsp3) is 0.458. The standard InChI is InChI=1S/C24H30N10/c1-16(2)33-23(28-29-30-33)22(21-15-31(4)24-18(13-25)14-26-34(21)24)27-19-10-17(3)11-20(12-19)32-8-6-5-7-9-32/h10-12,14-16,22,27H,5-9H2,1-4H3. The molecule has 1 N–H and O–H groups in total. The van der Waals surface area contributed by atoms with Gasteiger partial charge in [0.15, 0.2) is 11.5 Å². The van der Waals surface area contributed by atoms with E-state index < -0.39 is 0 Å². The smallest absolute Gasteiger partial charge is 0.180 e. The third kappa shape index (κ3) is 3.87. The van der Waals surface area contributed by atoms with E-state index in [1.807, 2.05) is 22.5 Å². The van der Waals surface area contributed by atoms with Gasteiger partial charge < -0.3 is 14.8 Å². The van der Waals surface area contributed by atoms with E-state index in [4.69, 9.17) is 0 Å². The molecular weight excluding hydrogens is 428 g/mol. The van der Waals surface area contributed by atoms with Crippen LogP contribution >= 0.6 is 0 Å². The molecule has 34 heavy (non-hydrogen) atoms. The summed E-state index contributed by atoms with van der Waals surface area (Å²) < 4.78 is 5.55. The van der Waals surface area contributed by atoms with Gasteiger partial charge in [-0.05, 0) is 74.2 Å². The summed E-state index contributed by atoms with van der Waals surface area (Å²) in [7, 11) is 1.92. The van der Waals surface area contributed by atoms with Crippen LogP contribution in [0, 0.1) is 18.3 Å². The average Bonchev–Trinajstić information content (AvgIpc) is 3.55. The summed E-state index contributed by atoms with van der Waals surface area (Å²) in [4.78, 5) is 2.46. The molecule has 0 radical (unpaired) electrons. The lowest BCUT2D eigenvalue weighted by Gasteiger charge is -2.30. The van der Waals surface area contributed by atoms with Crippen LogP contribution < -0.4 is 10.2 Å². The van der Waals surface area contributed by atoms with Crippen LogP contribution in [-0.2, 0) is 7.05 Å². The highest BCUT2D eigenvalue weighted by molar-refractivity contribution is 5.62. The lowest BCUT2D eigenvalue weighted by Crippen LogP contribution is -2.29. The fourth-order valence-electron chi connectivity index (χ4n) is 4.84. The molecule has 0 saturated carbocycles. The molecular formula is C24H30N10. The number of hydrogen-bond donors (Lipinski definition) is 1. The Morgan fingerprint density at radius 2 is 1.91 bits per heavy atom. The Labute approximate surface area is 198 Å². The van der Waals surface area contributed by atoms with E-state index in [-0.39, 0.29) is 12.1 Å². The van der Waals surface area contributed by atoms with Crippen LogP contribution in [0.2, 0.25) is 0 Å². The zero-order chi connectivity index (χ0) is 23.8. The number of anilines is 2. The molecule has 0 amide bonds. The van der Waals surface area contributed by atoms with E-state index in [0.29, 0.717) is 11.4 Å². The van der Waals surface area contributed by atoms with Gasteiger partial charge in [0.05, 0.1) is 17.9 Å². The minimum atomic E-state index is -0.372. The molecule has 1 aliphatic rings. The highest BCUT2D eigenvalue weighted by atomic mass is 15.6. The zero-order valence-electron chi connectivity index (χ0n) is 20.1. The number of benzene rings is 1. The zero-order valence-corrected chi connectivity index (χ0v) is 20.1. The number of rotatable bonds is 6. The first-order valence-corrected chi connectivity index (χ1v) is 11.8. The highest BCUT2D eigenvalue weighted by Crippen LogP contribution is 2.31. The van der Waals surface area contributed by atoms with Gasteiger partial charge in [-0.15, -0.1) is 5.10 Å². The Kier molecular flexibility index (Phi) is 5.69. The van der Waals surface area contributed by atoms with Crippen LogP contribution in [0.4, 0.5) is 11.4 Å². The number of imidazole rings is 1. The van der Waals surface area contributed by atoms with Crippen LogP contribution in [0.15, 0.2) is 30.6 Å². The van der Waals surface area contributed by atoms with E-state index in [9.17, 15) is 5.26 Å². The van der Waals surface area contributed by atoms with Gasteiger partial charge in [0.25, 0.3) is 0 Å². The minimum Gasteiger partial charge on any atom is -0.371 e. The van der Waals surface area contributed by atoms with Gasteiger partial charge in [-0.1, -0.05) is 0 Å². The summed E-state index contributed by atoms with van der Waals surface area (Å²) in [6, 6.07) is 8.55. The Balaban J connectivity index is 1.61. The van der Waals surface area contributed by atoms with Crippen molar-refractivity contribution in [1.82, 2.24) is 34.4 Å². The normalized spacial score (nSPS) is 15.1. The van der Waals surface area contributed by atoms with E-state index in [0.717, 1.165) is 30.1 Å². The maximum atomic E-state index is 9.54. The molecule has 4 aromatic rings. The quantitative estimate of drug-likeness (QED) is 0.470. The van der Waals surface area contributed by atoms with E-state index >= 15 is 0 Å². The molecule has 1 saturated heterocycles. The van der Waals surface area contributed by atoms with E-state index in [1.54, 1.807) is 10.7 Å². The molecule has 1 aliphatic heterocycles. The van der Waals surface area contributed by atoms with Gasteiger partial charge in [-0.3, -0.25) is 0 Å². The second kappa shape index (κ2) is 8.82. The largest absolute Gasteiger partial charge is 0.371 e. The number of nitrogens with one attached hydrogen (secondary N) is 1. The maximum Gasteiger partial charge on any atom is 0.180 e. The van der Waals surface area contributed by atoms with E-state index in [1.165, 1.54) is 30.5 Å². The van der Waals surface area contributed by atoms with Gasteiger partial charge in [0.2, 0.25) is 0 Å². The Morgan fingerprint density at radius 1 is 1.12 bits per heavy atom. The Bertz CT molecular complexity index is 1350. The molecule has 1 fully saturated rings. The van der Waals surface area contributed by atoms with Crippen molar-refractivity contribution in [3.05, 3.63) is 53.2 Å². The molecule has 0 bridgehead atoms. The monoisotopic (exact) mass is 458 g/mol. The van der Waals surface area contributed by atoms with Crippen LogP contribution in [0.3, 0.4) is 0 Å². The average molecular weight is 459 g/mol. The van der Waals surface area contributed by atoms with Crippen molar-refractivity contribution in [3.63, 3.8) is 0 Å². The van der Waals surface area contributed by atoms with Crippen LogP contribution in [-0.4, -0.2) is 47.5 Å². The van der Waals surface area contributed by atoms with Gasteiger partial charge >= 0.3 is 0 Å². The SMILES string of the molecule is Cc1cc(NC(c2nnnn2C(C)C)c2cn(C)c3c(C#N)cnn23)cc(N2CCCCC2)c1. The second-order valence-corrected chi connectivity index (χ2v) is 9.33. The predicted octanol–water partition coefficient (Wildman–Crippen LogP) is 3.61. The van der Waals surface area contributed by atoms with Crippen LogP contribution in [0.5, 0.6) is 0 Å². The molecule has 0 spiro atoms. The van der Waals surface area contributed by atoms with Crippen molar-refractivity contribution in [3.8, 4) is 6.07 Å². The lowest BCUT2D eigenvalue weighted by molar-refractivity contribution is 0.486. The summed E-state index contributed by atoms with van der Waals surface area (Å²) >= 11 is 0. The summed E-state index contributed by atoms with van der Waals surface area (Å²) in [5.74, 6) is 0.692. The van der Waals surface area contributed by atoms with Crippen molar-refractivity contribution in [2.75, 3.05) is 23.3 Å². The number of aryl methyl sites for hydroxylation is 2. The Morgan fingerprint density at radius 3 is 2.65 bits per heavy atom. The number of hydrogen-bond acceptors (Lipinski definition) is 7. The van der Waals surface area contributed by atoms with Crippen molar-refractivity contribution in [1.29, 1.82) is 5.26 Å². The summed E-state index contributed by atoms with van der Waals surface area (Å²) in [6.07, 6.45) is 7.34. The number of aromatic nitrogens is 7. The molecule has 1 aromatic carbocycles. The number of fused-ring (bicyclic) bond motifs is 1. The first-order valence-electron chi connectivity index (χ1n) is 11.8. The topological polar surface area (TPSA) is 105 Å². The molecule has 1 unspecified atom stereocenters. The third-order valence-electron chi connectivity index (χ3n) is 6.42. The van der Waals surface area contributed by atoms with Crippen molar-refractivity contribution >= 4 is 17.0 Å². The van der Waals surface area contributed by atoms with Crippen molar-refractivity contribution < 1.29 is 0 Å². The number of nitriles is 1. The van der Waals surface area contributed by atoms with Gasteiger partial charge in [-0.2, -0.15) is 10.4 Å². The van der Waals surface area contributed by atoms with Gasteiger partial charge in [0, 0.05) is 37.7 Å². The summed E-state index contributed by atoms with van der Waals surface area (Å²) in [5, 5.41) is 30.4.